The van der Waals surface area contributed by atoms with E-state index in [9.17, 15) is 4.79 Å². The van der Waals surface area contributed by atoms with Gasteiger partial charge < -0.3 is 0 Å². The molecule has 0 N–H and O–H groups in total. The second-order valence-corrected chi connectivity index (χ2v) is 7.00. The molecule has 0 radical (unpaired) electrons. The zero-order valence-electron chi connectivity index (χ0n) is 12.5. The van der Waals surface area contributed by atoms with Crippen LogP contribution in [0, 0.1) is 10.8 Å². The van der Waals surface area contributed by atoms with E-state index in [1.165, 1.54) is 5.57 Å². The van der Waals surface area contributed by atoms with E-state index in [0.717, 1.165) is 12.1 Å². The van der Waals surface area contributed by atoms with Gasteiger partial charge in [-0.2, -0.15) is 0 Å². The maximum atomic E-state index is 12.5. The molecule has 0 fully saturated rings. The van der Waals surface area contributed by atoms with Crippen LogP contribution in [0.25, 0.3) is 0 Å². The van der Waals surface area contributed by atoms with Gasteiger partial charge in [-0.25, -0.2) is 5.01 Å². The summed E-state index contributed by atoms with van der Waals surface area (Å²) in [5.41, 5.74) is 2.17. The molecule has 0 atom stereocenters. The summed E-state index contributed by atoms with van der Waals surface area (Å²) in [5.74, 6) is 0.135. The summed E-state index contributed by atoms with van der Waals surface area (Å²) in [7, 11) is 3.80. The Kier molecular flexibility index (Phi) is 3.45. The lowest BCUT2D eigenvalue weighted by molar-refractivity contribution is -0.142. The van der Waals surface area contributed by atoms with Crippen LogP contribution in [0.15, 0.2) is 11.1 Å². The molecular formula is C14H26N2O. The second-order valence-electron chi connectivity index (χ2n) is 7.00. The van der Waals surface area contributed by atoms with Crippen LogP contribution in [-0.2, 0) is 4.79 Å². The molecule has 0 aliphatic carbocycles. The van der Waals surface area contributed by atoms with Crippen LogP contribution in [0.4, 0.5) is 0 Å². The van der Waals surface area contributed by atoms with Crippen LogP contribution in [0.2, 0.25) is 0 Å². The van der Waals surface area contributed by atoms with Crippen molar-refractivity contribution >= 4 is 5.91 Å². The third kappa shape index (κ3) is 2.71. The monoisotopic (exact) mass is 238 g/mol. The maximum Gasteiger partial charge on any atom is 0.264 e. The number of hydrogen-bond donors (Lipinski definition) is 0. The van der Waals surface area contributed by atoms with Crippen LogP contribution >= 0.6 is 0 Å². The Bertz CT molecular complexity index is 355. The van der Waals surface area contributed by atoms with Gasteiger partial charge in [-0.3, -0.25) is 9.80 Å². The third-order valence-electron chi connectivity index (χ3n) is 3.36. The molecule has 0 saturated heterocycles. The number of nitrogens with zero attached hydrogens (tertiary/aromatic N) is 2. The minimum absolute atomic E-state index is 0.0355. The van der Waals surface area contributed by atoms with Gasteiger partial charge in [-0.05, 0) is 16.4 Å². The van der Waals surface area contributed by atoms with Gasteiger partial charge in [-0.1, -0.05) is 41.5 Å². The van der Waals surface area contributed by atoms with E-state index in [-0.39, 0.29) is 16.7 Å². The number of hydrogen-bond acceptors (Lipinski definition) is 2. The fourth-order valence-corrected chi connectivity index (χ4v) is 2.25. The molecule has 0 aromatic heterocycles. The summed E-state index contributed by atoms with van der Waals surface area (Å²) in [6.07, 6.45) is 0. The Hall–Kier alpha value is -0.830. The molecule has 98 valence electrons. The van der Waals surface area contributed by atoms with Crippen molar-refractivity contribution in [3.8, 4) is 0 Å². The first-order chi connectivity index (χ1) is 7.46. The number of amides is 1. The molecule has 1 heterocycles. The quantitative estimate of drug-likeness (QED) is 0.648. The Morgan fingerprint density at radius 2 is 1.41 bits per heavy atom. The van der Waals surface area contributed by atoms with Crippen LogP contribution in [0.5, 0.6) is 0 Å². The molecule has 1 aliphatic heterocycles. The summed E-state index contributed by atoms with van der Waals surface area (Å²) < 4.78 is 0. The highest BCUT2D eigenvalue weighted by molar-refractivity contribution is 5.96. The lowest BCUT2D eigenvalue weighted by atomic mass is 9.73. The number of carbonyl (C=O) groups excluding carboxylic acids is 1. The van der Waals surface area contributed by atoms with Gasteiger partial charge >= 0.3 is 0 Å². The maximum absolute atomic E-state index is 12.5. The highest BCUT2D eigenvalue weighted by Gasteiger charge is 2.38. The van der Waals surface area contributed by atoms with E-state index in [1.54, 1.807) is 5.01 Å². The Morgan fingerprint density at radius 1 is 0.941 bits per heavy atom. The normalized spacial score (nSPS) is 20.2. The molecule has 1 aliphatic rings. The van der Waals surface area contributed by atoms with Gasteiger partial charge in [0.1, 0.15) is 0 Å². The number of hydrazine groups is 1. The second kappa shape index (κ2) is 4.13. The fraction of sp³-hybridized carbons (Fsp3) is 0.786. The molecule has 1 rings (SSSR count). The molecule has 3 nitrogen and oxygen atoms in total. The predicted octanol–water partition coefficient (Wildman–Crippen LogP) is 2.69. The first-order valence-corrected chi connectivity index (χ1v) is 6.19. The van der Waals surface area contributed by atoms with Gasteiger partial charge in [0.2, 0.25) is 0 Å². The van der Waals surface area contributed by atoms with E-state index >= 15 is 0 Å². The van der Waals surface area contributed by atoms with Crippen molar-refractivity contribution in [2.75, 3.05) is 20.6 Å². The van der Waals surface area contributed by atoms with Crippen molar-refractivity contribution in [1.82, 2.24) is 10.0 Å². The molecular weight excluding hydrogens is 212 g/mol. The molecule has 3 heteroatoms. The van der Waals surface area contributed by atoms with E-state index in [4.69, 9.17) is 0 Å². The zero-order chi connectivity index (χ0) is 13.6. The predicted molar refractivity (Wildman–Crippen MR) is 71.3 cm³/mol. The van der Waals surface area contributed by atoms with Crippen molar-refractivity contribution in [1.29, 1.82) is 0 Å². The Labute approximate surface area is 105 Å². The fourth-order valence-electron chi connectivity index (χ4n) is 2.25. The average molecular weight is 238 g/mol. The smallest absolute Gasteiger partial charge is 0.264 e. The molecule has 0 unspecified atom stereocenters. The Morgan fingerprint density at radius 3 is 1.76 bits per heavy atom. The topological polar surface area (TPSA) is 23.6 Å². The molecule has 0 saturated carbocycles. The summed E-state index contributed by atoms with van der Waals surface area (Å²) in [6.45, 7) is 13.7. The standard InChI is InChI=1S/C14H26N2O/c1-13(2,3)10-9-15(7)16(8)12(17)11(10)14(4,5)6/h9H2,1-8H3. The minimum Gasteiger partial charge on any atom is -0.275 e. The highest BCUT2D eigenvalue weighted by atomic mass is 16.2. The van der Waals surface area contributed by atoms with Crippen LogP contribution < -0.4 is 0 Å². The van der Waals surface area contributed by atoms with E-state index in [0.29, 0.717) is 0 Å². The lowest BCUT2D eigenvalue weighted by Crippen LogP contribution is -2.50. The van der Waals surface area contributed by atoms with Crippen LogP contribution in [-0.4, -0.2) is 36.6 Å². The van der Waals surface area contributed by atoms with Crippen molar-refractivity contribution in [3.63, 3.8) is 0 Å². The lowest BCUT2D eigenvalue weighted by Gasteiger charge is -2.43. The summed E-state index contributed by atoms with van der Waals surface area (Å²) in [4.78, 5) is 12.5. The van der Waals surface area contributed by atoms with E-state index < -0.39 is 0 Å². The first-order valence-electron chi connectivity index (χ1n) is 6.19. The van der Waals surface area contributed by atoms with Crippen molar-refractivity contribution in [3.05, 3.63) is 11.1 Å². The van der Waals surface area contributed by atoms with Crippen LogP contribution in [0.1, 0.15) is 41.5 Å². The molecule has 17 heavy (non-hydrogen) atoms. The molecule has 1 amide bonds. The number of carbonyl (C=O) groups is 1. The molecule has 0 aromatic rings. The highest BCUT2D eigenvalue weighted by Crippen LogP contribution is 2.39. The molecule has 0 spiro atoms. The zero-order valence-corrected chi connectivity index (χ0v) is 12.5. The van der Waals surface area contributed by atoms with Gasteiger partial charge in [0.15, 0.2) is 0 Å². The van der Waals surface area contributed by atoms with Crippen LogP contribution in [0.3, 0.4) is 0 Å². The van der Waals surface area contributed by atoms with Crippen molar-refractivity contribution in [2.24, 2.45) is 10.8 Å². The van der Waals surface area contributed by atoms with Gasteiger partial charge in [-0.15, -0.1) is 0 Å². The number of likely N-dealkylation sites (N-methyl/N-ethyl adjacent to an activating group) is 2. The number of rotatable bonds is 0. The summed E-state index contributed by atoms with van der Waals surface area (Å²) in [5, 5.41) is 3.70. The first kappa shape index (κ1) is 14.2. The largest absolute Gasteiger partial charge is 0.275 e. The van der Waals surface area contributed by atoms with Gasteiger partial charge in [0.25, 0.3) is 5.91 Å². The Balaban J connectivity index is 3.42. The van der Waals surface area contributed by atoms with Gasteiger partial charge in [0.05, 0.1) is 0 Å². The molecule has 0 aromatic carbocycles. The SMILES string of the molecule is CN1CC(C(C)(C)C)=C(C(C)(C)C)C(=O)N1C. The van der Waals surface area contributed by atoms with E-state index in [2.05, 4.69) is 41.5 Å². The van der Waals surface area contributed by atoms with E-state index in [1.807, 2.05) is 19.1 Å². The van der Waals surface area contributed by atoms with Crippen molar-refractivity contribution in [2.45, 2.75) is 41.5 Å². The molecule has 0 bridgehead atoms. The minimum atomic E-state index is -0.102. The summed E-state index contributed by atoms with van der Waals surface area (Å²) in [6, 6.07) is 0. The average Bonchev–Trinajstić information content (AvgIpc) is 2.09. The third-order valence-corrected chi connectivity index (χ3v) is 3.36. The summed E-state index contributed by atoms with van der Waals surface area (Å²) >= 11 is 0. The van der Waals surface area contributed by atoms with Gasteiger partial charge in [0, 0.05) is 26.2 Å². The van der Waals surface area contributed by atoms with Crippen molar-refractivity contribution < 1.29 is 4.79 Å².